The fourth-order valence-corrected chi connectivity index (χ4v) is 5.83. The average molecular weight is 532 g/mol. The molecular weight excluding hydrogens is 507 g/mol. The molecule has 0 radical (unpaired) electrons. The van der Waals surface area contributed by atoms with Crippen molar-refractivity contribution in [2.45, 2.75) is 30.8 Å². The van der Waals surface area contributed by atoms with E-state index in [0.717, 1.165) is 24.1 Å². The predicted molar refractivity (Wildman–Crippen MR) is 131 cm³/mol. The van der Waals surface area contributed by atoms with Crippen LogP contribution in [-0.4, -0.2) is 54.0 Å². The van der Waals surface area contributed by atoms with E-state index < -0.39 is 21.8 Å². The van der Waals surface area contributed by atoms with Crippen LogP contribution in [0.5, 0.6) is 0 Å². The zero-order chi connectivity index (χ0) is 26.2. The minimum atomic E-state index is -4.63. The maximum absolute atomic E-state index is 13.1. The molecule has 8 nitrogen and oxygen atoms in total. The smallest absolute Gasteiger partial charge is 0.353 e. The van der Waals surface area contributed by atoms with Gasteiger partial charge in [0.1, 0.15) is 22.7 Å². The van der Waals surface area contributed by atoms with Crippen molar-refractivity contribution in [1.29, 1.82) is 0 Å². The average Bonchev–Trinajstić information content (AvgIpc) is 3.33. The number of halogens is 3. The van der Waals surface area contributed by atoms with E-state index in [9.17, 15) is 21.6 Å². The van der Waals surface area contributed by atoms with Crippen molar-refractivity contribution in [3.63, 3.8) is 0 Å². The Morgan fingerprint density at radius 1 is 0.973 bits per heavy atom. The first-order chi connectivity index (χ1) is 17.7. The molecule has 37 heavy (non-hydrogen) atoms. The van der Waals surface area contributed by atoms with Crippen molar-refractivity contribution in [3.05, 3.63) is 66.0 Å². The van der Waals surface area contributed by atoms with E-state index in [4.69, 9.17) is 9.51 Å². The normalized spacial score (nSPS) is 15.4. The molecule has 0 unspecified atom stereocenters. The summed E-state index contributed by atoms with van der Waals surface area (Å²) in [7, 11) is -4.11. The lowest BCUT2D eigenvalue weighted by Gasteiger charge is -2.35. The minimum absolute atomic E-state index is 0.0825. The second-order valence-electron chi connectivity index (χ2n) is 8.71. The van der Waals surface area contributed by atoms with Crippen LogP contribution in [0.25, 0.3) is 22.4 Å². The van der Waals surface area contributed by atoms with Gasteiger partial charge in [0.05, 0.1) is 10.5 Å². The number of nitrogens with zero attached hydrogens (tertiary/aromatic N) is 5. The van der Waals surface area contributed by atoms with Gasteiger partial charge in [-0.05, 0) is 24.6 Å². The van der Waals surface area contributed by atoms with Gasteiger partial charge in [-0.2, -0.15) is 22.5 Å². The van der Waals surface area contributed by atoms with Gasteiger partial charge in [-0.15, -0.1) is 0 Å². The summed E-state index contributed by atoms with van der Waals surface area (Å²) < 4.78 is 72.5. The second-order valence-corrected chi connectivity index (χ2v) is 10.6. The van der Waals surface area contributed by atoms with Crippen LogP contribution in [0.1, 0.15) is 24.7 Å². The number of piperazine rings is 1. The zero-order valence-corrected chi connectivity index (χ0v) is 20.8. The highest BCUT2D eigenvalue weighted by Gasteiger charge is 2.34. The van der Waals surface area contributed by atoms with Gasteiger partial charge in [-0.1, -0.05) is 48.5 Å². The lowest BCUT2D eigenvalue weighted by Crippen LogP contribution is -2.49. The fourth-order valence-electron chi connectivity index (χ4n) is 4.36. The predicted octanol–water partition coefficient (Wildman–Crippen LogP) is 4.77. The molecule has 0 spiro atoms. The first-order valence-electron chi connectivity index (χ1n) is 11.8. The Bertz CT molecular complexity index is 1520. The van der Waals surface area contributed by atoms with Crippen LogP contribution in [-0.2, 0) is 22.6 Å². The van der Waals surface area contributed by atoms with Gasteiger partial charge in [0.15, 0.2) is 0 Å². The summed E-state index contributed by atoms with van der Waals surface area (Å²) in [5, 5.41) is 4.88. The molecule has 5 rings (SSSR count). The second kappa shape index (κ2) is 9.75. The maximum atomic E-state index is 13.1. The molecule has 1 fully saturated rings. The third-order valence-corrected chi connectivity index (χ3v) is 8.12. The van der Waals surface area contributed by atoms with Crippen LogP contribution in [0.4, 0.5) is 19.0 Å². The summed E-state index contributed by atoms with van der Waals surface area (Å²) in [6, 6.07) is 13.3. The molecule has 0 saturated carbocycles. The number of hydrogen-bond acceptors (Lipinski definition) is 7. The lowest BCUT2D eigenvalue weighted by molar-refractivity contribution is -0.137. The molecule has 194 valence electrons. The molecular formula is C25H24F3N5O3S. The van der Waals surface area contributed by atoms with Crippen LogP contribution in [0.15, 0.2) is 64.0 Å². The third-order valence-electron chi connectivity index (χ3n) is 6.22. The summed E-state index contributed by atoms with van der Waals surface area (Å²) in [5.74, 6) is 1.20. The molecule has 1 aliphatic heterocycles. The molecule has 0 N–H and O–H groups in total. The summed E-state index contributed by atoms with van der Waals surface area (Å²) in [4.78, 5) is 10.9. The number of alkyl halides is 3. The summed E-state index contributed by atoms with van der Waals surface area (Å²) in [5.41, 5.74) is 0.777. The van der Waals surface area contributed by atoms with E-state index in [1.165, 1.54) is 10.4 Å². The Labute approximate surface area is 211 Å². The molecule has 0 amide bonds. The fraction of sp³-hybridized carbons (Fsp3) is 0.320. The van der Waals surface area contributed by atoms with Crippen LogP contribution >= 0.6 is 0 Å². The van der Waals surface area contributed by atoms with Gasteiger partial charge < -0.3 is 9.42 Å². The number of benzene rings is 2. The molecule has 1 aliphatic rings. The number of anilines is 1. The SMILES string of the molecule is CCCc1nc(N2CCN(S(=O)(=O)c3cccc(C(F)(F)F)c3)CC2)c2c(-c3ccccc3)noc2n1. The van der Waals surface area contributed by atoms with E-state index in [1.807, 2.05) is 42.2 Å². The Kier molecular flexibility index (Phi) is 6.63. The highest BCUT2D eigenvalue weighted by molar-refractivity contribution is 7.89. The van der Waals surface area contributed by atoms with Gasteiger partial charge in [0.25, 0.3) is 5.71 Å². The largest absolute Gasteiger partial charge is 0.416 e. The highest BCUT2D eigenvalue weighted by Crippen LogP contribution is 2.35. The molecule has 2 aromatic carbocycles. The van der Waals surface area contributed by atoms with Crippen molar-refractivity contribution in [1.82, 2.24) is 19.4 Å². The zero-order valence-electron chi connectivity index (χ0n) is 19.9. The topological polar surface area (TPSA) is 92.4 Å². The molecule has 0 atom stereocenters. The number of fused-ring (bicyclic) bond motifs is 1. The summed E-state index contributed by atoms with van der Waals surface area (Å²) in [6.07, 6.45) is -3.17. The Morgan fingerprint density at radius 3 is 2.38 bits per heavy atom. The minimum Gasteiger partial charge on any atom is -0.353 e. The van der Waals surface area contributed by atoms with Crippen molar-refractivity contribution in [2.24, 2.45) is 0 Å². The first-order valence-corrected chi connectivity index (χ1v) is 13.3. The van der Waals surface area contributed by atoms with Gasteiger partial charge in [0.2, 0.25) is 10.0 Å². The molecule has 0 aliphatic carbocycles. The highest BCUT2D eigenvalue weighted by atomic mass is 32.2. The standard InChI is InChI=1S/C25H24F3N5O3S/c1-2-7-20-29-23(21-22(31-36-24(21)30-20)17-8-4-3-5-9-17)32-12-14-33(15-13-32)37(34,35)19-11-6-10-18(16-19)25(26,27)28/h3-6,8-11,16H,2,7,12-15H2,1H3. The monoisotopic (exact) mass is 531 g/mol. The van der Waals surface area contributed by atoms with Gasteiger partial charge in [0, 0.05) is 38.2 Å². The van der Waals surface area contributed by atoms with Crippen molar-refractivity contribution in [3.8, 4) is 11.3 Å². The molecule has 4 aromatic rings. The van der Waals surface area contributed by atoms with Gasteiger partial charge >= 0.3 is 6.18 Å². The Hall–Kier alpha value is -3.51. The van der Waals surface area contributed by atoms with Crippen molar-refractivity contribution in [2.75, 3.05) is 31.1 Å². The molecule has 12 heteroatoms. The number of aryl methyl sites for hydroxylation is 1. The van der Waals surface area contributed by atoms with E-state index in [-0.39, 0.29) is 31.1 Å². The van der Waals surface area contributed by atoms with E-state index in [0.29, 0.717) is 40.9 Å². The van der Waals surface area contributed by atoms with Crippen molar-refractivity contribution < 1.29 is 26.1 Å². The molecule has 3 heterocycles. The lowest BCUT2D eigenvalue weighted by atomic mass is 10.1. The number of rotatable bonds is 6. The van der Waals surface area contributed by atoms with Crippen LogP contribution in [0, 0.1) is 0 Å². The first kappa shape index (κ1) is 25.2. The van der Waals surface area contributed by atoms with Gasteiger partial charge in [-0.25, -0.2) is 13.4 Å². The molecule has 2 aromatic heterocycles. The quantitative estimate of drug-likeness (QED) is 0.354. The Morgan fingerprint density at radius 2 is 1.70 bits per heavy atom. The Balaban J connectivity index is 1.45. The van der Waals surface area contributed by atoms with Crippen molar-refractivity contribution >= 4 is 26.9 Å². The summed E-state index contributed by atoms with van der Waals surface area (Å²) in [6.45, 7) is 2.75. The number of sulfonamides is 1. The van der Waals surface area contributed by atoms with Crippen LogP contribution in [0.2, 0.25) is 0 Å². The van der Waals surface area contributed by atoms with Crippen LogP contribution < -0.4 is 4.90 Å². The van der Waals surface area contributed by atoms with Crippen LogP contribution in [0.3, 0.4) is 0 Å². The van der Waals surface area contributed by atoms with E-state index in [2.05, 4.69) is 10.1 Å². The van der Waals surface area contributed by atoms with Gasteiger partial charge in [-0.3, -0.25) is 0 Å². The van der Waals surface area contributed by atoms with E-state index in [1.54, 1.807) is 0 Å². The third kappa shape index (κ3) is 4.90. The molecule has 0 bridgehead atoms. The maximum Gasteiger partial charge on any atom is 0.416 e. The van der Waals surface area contributed by atoms with E-state index >= 15 is 0 Å². The number of hydrogen-bond donors (Lipinski definition) is 0. The number of aromatic nitrogens is 3. The molecule has 1 saturated heterocycles. The summed E-state index contributed by atoms with van der Waals surface area (Å²) >= 11 is 0.